The SMILES string of the molecule is FS(F)(F)(F)(F)c1ccc(-n2cccc2)cc1. The van der Waals surface area contributed by atoms with Gasteiger partial charge in [0, 0.05) is 18.1 Å². The minimum absolute atomic E-state index is 0.389. The summed E-state index contributed by atoms with van der Waals surface area (Å²) in [5.74, 6) is 0. The summed E-state index contributed by atoms with van der Waals surface area (Å²) in [6.45, 7) is 0. The summed E-state index contributed by atoms with van der Waals surface area (Å²) in [4.78, 5) is -1.87. The molecule has 0 saturated heterocycles. The molecule has 1 heterocycles. The maximum absolute atomic E-state index is 12.4. The molecule has 17 heavy (non-hydrogen) atoms. The zero-order chi connectivity index (χ0) is 12.8. The molecule has 7 heteroatoms. The van der Waals surface area contributed by atoms with Gasteiger partial charge in [0.2, 0.25) is 0 Å². The van der Waals surface area contributed by atoms with Crippen molar-refractivity contribution in [1.29, 1.82) is 0 Å². The van der Waals surface area contributed by atoms with Crippen LogP contribution in [0.25, 0.3) is 5.69 Å². The zero-order valence-corrected chi connectivity index (χ0v) is 9.18. The van der Waals surface area contributed by atoms with E-state index in [0.29, 0.717) is 17.8 Å². The number of benzene rings is 1. The van der Waals surface area contributed by atoms with Gasteiger partial charge in [-0.2, -0.15) is 0 Å². The van der Waals surface area contributed by atoms with Gasteiger partial charge in [-0.25, -0.2) is 0 Å². The summed E-state index contributed by atoms with van der Waals surface area (Å²) in [5.41, 5.74) is 0.389. The predicted octanol–water partition coefficient (Wildman–Crippen LogP) is 5.13. The Bertz CT molecular complexity index is 526. The largest absolute Gasteiger partial charge is 0.324 e. The quantitative estimate of drug-likeness (QED) is 0.666. The van der Waals surface area contributed by atoms with Crippen molar-refractivity contribution in [3.8, 4) is 5.69 Å². The second kappa shape index (κ2) is 2.84. The van der Waals surface area contributed by atoms with Crippen LogP contribution in [-0.4, -0.2) is 4.57 Å². The van der Waals surface area contributed by atoms with Gasteiger partial charge in [-0.1, -0.05) is 19.4 Å². The van der Waals surface area contributed by atoms with Gasteiger partial charge in [0.05, 0.1) is 0 Å². The minimum Gasteiger partial charge on any atom is -0.324 e. The number of hydrogen-bond donors (Lipinski definition) is 0. The van der Waals surface area contributed by atoms with Crippen molar-refractivity contribution < 1.29 is 19.4 Å². The molecule has 0 atom stereocenters. The van der Waals surface area contributed by atoms with E-state index in [-0.39, 0.29) is 0 Å². The Labute approximate surface area is 94.2 Å². The Hall–Kier alpha value is -1.50. The summed E-state index contributed by atoms with van der Waals surface area (Å²) < 4.78 is 63.6. The van der Waals surface area contributed by atoms with Gasteiger partial charge >= 0.3 is 10.2 Å². The summed E-state index contributed by atoms with van der Waals surface area (Å²) in [7, 11) is -9.55. The Kier molecular flexibility index (Phi) is 2.00. The van der Waals surface area contributed by atoms with Gasteiger partial charge in [-0.15, -0.1) is 0 Å². The maximum atomic E-state index is 12.4. The van der Waals surface area contributed by atoms with Gasteiger partial charge in [0.15, 0.2) is 0 Å². The summed E-state index contributed by atoms with van der Waals surface area (Å²) >= 11 is 0. The normalized spacial score (nSPS) is 16.3. The van der Waals surface area contributed by atoms with E-state index in [9.17, 15) is 19.4 Å². The lowest BCUT2D eigenvalue weighted by Crippen LogP contribution is -2.06. The first-order valence-electron chi connectivity index (χ1n) is 4.54. The predicted molar refractivity (Wildman–Crippen MR) is 57.2 cm³/mol. The lowest BCUT2D eigenvalue weighted by molar-refractivity contribution is 0.364. The van der Waals surface area contributed by atoms with Crippen molar-refractivity contribution in [2.24, 2.45) is 0 Å². The van der Waals surface area contributed by atoms with Crippen LogP contribution in [0.2, 0.25) is 0 Å². The fourth-order valence-corrected chi connectivity index (χ4v) is 2.03. The van der Waals surface area contributed by atoms with E-state index in [4.69, 9.17) is 0 Å². The fraction of sp³-hybridized carbons (Fsp3) is 0. The van der Waals surface area contributed by atoms with E-state index < -0.39 is 15.1 Å². The standard InChI is InChI=1S/C10H8F5NS/c11-17(12,13,14,15)10-5-3-9(4-6-10)16-7-1-2-8-16/h1-8H. The number of halogens is 5. The van der Waals surface area contributed by atoms with Crippen LogP contribution >= 0.6 is 10.2 Å². The summed E-state index contributed by atoms with van der Waals surface area (Å²) in [6.07, 6.45) is 3.21. The average Bonchev–Trinajstić information content (AvgIpc) is 2.67. The smallest absolute Gasteiger partial charge is 0.310 e. The molecule has 1 nitrogen and oxygen atoms in total. The fourth-order valence-electron chi connectivity index (χ4n) is 1.38. The molecular weight excluding hydrogens is 261 g/mol. The molecular formula is C10H8F5NS. The van der Waals surface area contributed by atoms with Gasteiger partial charge in [0.25, 0.3) is 0 Å². The van der Waals surface area contributed by atoms with Gasteiger partial charge in [-0.3, -0.25) is 0 Å². The van der Waals surface area contributed by atoms with E-state index in [1.165, 1.54) is 4.57 Å². The highest BCUT2D eigenvalue weighted by atomic mass is 32.5. The monoisotopic (exact) mass is 269 g/mol. The van der Waals surface area contributed by atoms with Gasteiger partial charge < -0.3 is 4.57 Å². The number of hydrogen-bond acceptors (Lipinski definition) is 0. The first-order valence-corrected chi connectivity index (χ1v) is 6.49. The molecule has 2 aromatic rings. The van der Waals surface area contributed by atoms with Crippen molar-refractivity contribution in [1.82, 2.24) is 4.57 Å². The first kappa shape index (κ1) is 12.0. The second-order valence-corrected chi connectivity index (χ2v) is 5.96. The minimum atomic E-state index is -9.55. The summed E-state index contributed by atoms with van der Waals surface area (Å²) in [6, 6.07) is 6.17. The van der Waals surface area contributed by atoms with Crippen LogP contribution < -0.4 is 0 Å². The van der Waals surface area contributed by atoms with Gasteiger partial charge in [0.1, 0.15) is 4.90 Å². The molecule has 0 radical (unpaired) electrons. The lowest BCUT2D eigenvalue weighted by atomic mass is 10.3. The molecule has 0 N–H and O–H groups in total. The van der Waals surface area contributed by atoms with E-state index >= 15 is 0 Å². The third kappa shape index (κ3) is 2.60. The van der Waals surface area contributed by atoms with E-state index in [2.05, 4.69) is 0 Å². The molecule has 0 spiro atoms. The Balaban J connectivity index is 2.46. The van der Waals surface area contributed by atoms with Crippen molar-refractivity contribution in [3.05, 3.63) is 48.8 Å². The molecule has 0 aliphatic carbocycles. The third-order valence-electron chi connectivity index (χ3n) is 2.18. The molecule has 0 aliphatic rings. The van der Waals surface area contributed by atoms with Crippen LogP contribution in [0.3, 0.4) is 0 Å². The molecule has 94 valence electrons. The molecule has 0 bridgehead atoms. The molecule has 0 saturated carbocycles. The lowest BCUT2D eigenvalue weighted by Gasteiger charge is -2.40. The van der Waals surface area contributed by atoms with E-state index in [0.717, 1.165) is 12.1 Å². The third-order valence-corrected chi connectivity index (χ3v) is 3.35. The average molecular weight is 269 g/mol. The van der Waals surface area contributed by atoms with Crippen LogP contribution in [0.15, 0.2) is 53.7 Å². The molecule has 2 rings (SSSR count). The maximum Gasteiger partial charge on any atom is 0.310 e. The topological polar surface area (TPSA) is 4.93 Å². The van der Waals surface area contributed by atoms with Crippen LogP contribution in [0.5, 0.6) is 0 Å². The van der Waals surface area contributed by atoms with Crippen LogP contribution in [-0.2, 0) is 0 Å². The van der Waals surface area contributed by atoms with Crippen LogP contribution in [0, 0.1) is 0 Å². The zero-order valence-electron chi connectivity index (χ0n) is 8.36. The molecule has 0 amide bonds. The van der Waals surface area contributed by atoms with Crippen LogP contribution in [0.4, 0.5) is 19.4 Å². The van der Waals surface area contributed by atoms with Gasteiger partial charge in [-0.05, 0) is 36.4 Å². The summed E-state index contributed by atoms with van der Waals surface area (Å²) in [5, 5.41) is 0. The van der Waals surface area contributed by atoms with Crippen molar-refractivity contribution in [2.75, 3.05) is 0 Å². The van der Waals surface area contributed by atoms with E-state index in [1.807, 2.05) is 0 Å². The first-order chi connectivity index (χ1) is 7.56. The molecule has 0 unspecified atom stereocenters. The Morgan fingerprint density at radius 2 is 1.24 bits per heavy atom. The Morgan fingerprint density at radius 1 is 0.765 bits per heavy atom. The highest BCUT2D eigenvalue weighted by Gasteiger charge is 2.65. The van der Waals surface area contributed by atoms with Crippen LogP contribution in [0.1, 0.15) is 0 Å². The highest BCUT2D eigenvalue weighted by Crippen LogP contribution is 3.02. The highest BCUT2D eigenvalue weighted by molar-refractivity contribution is 8.45. The molecule has 1 aromatic heterocycles. The number of rotatable bonds is 2. The van der Waals surface area contributed by atoms with Crippen molar-refractivity contribution in [2.45, 2.75) is 4.90 Å². The Morgan fingerprint density at radius 3 is 1.65 bits per heavy atom. The molecule has 1 aromatic carbocycles. The number of nitrogens with zero attached hydrogens (tertiary/aromatic N) is 1. The molecule has 0 aliphatic heterocycles. The molecule has 0 fully saturated rings. The number of aromatic nitrogens is 1. The second-order valence-electron chi connectivity index (χ2n) is 3.55. The van der Waals surface area contributed by atoms with Crippen molar-refractivity contribution >= 4 is 10.2 Å². The van der Waals surface area contributed by atoms with E-state index in [1.54, 1.807) is 24.5 Å². The van der Waals surface area contributed by atoms with Crippen molar-refractivity contribution in [3.63, 3.8) is 0 Å².